The van der Waals surface area contributed by atoms with Crippen LogP contribution < -0.4 is 4.74 Å². The maximum absolute atomic E-state index is 12.7. The van der Waals surface area contributed by atoms with Gasteiger partial charge < -0.3 is 14.5 Å². The zero-order valence-corrected chi connectivity index (χ0v) is 15.3. The molecule has 1 heterocycles. The molecule has 0 atom stereocenters. The summed E-state index contributed by atoms with van der Waals surface area (Å²) >= 11 is 0. The van der Waals surface area contributed by atoms with Gasteiger partial charge in [0.2, 0.25) is 5.91 Å². The van der Waals surface area contributed by atoms with Gasteiger partial charge in [0.1, 0.15) is 5.75 Å². The van der Waals surface area contributed by atoms with Gasteiger partial charge in [0.25, 0.3) is 5.91 Å². The molecule has 0 spiro atoms. The summed E-state index contributed by atoms with van der Waals surface area (Å²) in [6.45, 7) is 4.08. The van der Waals surface area contributed by atoms with Crippen molar-refractivity contribution in [1.29, 1.82) is 0 Å². The molecule has 3 rings (SSSR count). The molecule has 0 radical (unpaired) electrons. The van der Waals surface area contributed by atoms with E-state index in [9.17, 15) is 9.59 Å². The van der Waals surface area contributed by atoms with E-state index in [1.54, 1.807) is 12.0 Å². The van der Waals surface area contributed by atoms with Gasteiger partial charge in [-0.2, -0.15) is 0 Å². The van der Waals surface area contributed by atoms with Crippen LogP contribution in [0.4, 0.5) is 0 Å². The van der Waals surface area contributed by atoms with Gasteiger partial charge in [-0.1, -0.05) is 29.8 Å². The Kier molecular flexibility index (Phi) is 5.56. The summed E-state index contributed by atoms with van der Waals surface area (Å²) in [6, 6.07) is 15.3. The first kappa shape index (κ1) is 18.0. The largest absolute Gasteiger partial charge is 0.497 e. The monoisotopic (exact) mass is 352 g/mol. The van der Waals surface area contributed by atoms with Crippen LogP contribution in [-0.2, 0) is 11.3 Å². The molecule has 2 amide bonds. The number of carbonyl (C=O) groups is 2. The highest BCUT2D eigenvalue weighted by Crippen LogP contribution is 2.16. The van der Waals surface area contributed by atoms with E-state index in [1.165, 1.54) is 0 Å². The van der Waals surface area contributed by atoms with Crippen LogP contribution in [0.25, 0.3) is 0 Å². The number of hydrogen-bond acceptors (Lipinski definition) is 3. The summed E-state index contributed by atoms with van der Waals surface area (Å²) in [5, 5.41) is 0. The SMILES string of the molecule is COc1ccc(CN2CCN(C(=O)c3cccc(C)c3)CCC2=O)cc1. The number of benzene rings is 2. The number of ether oxygens (including phenoxy) is 1. The zero-order valence-electron chi connectivity index (χ0n) is 15.3. The van der Waals surface area contributed by atoms with Gasteiger partial charge in [-0.3, -0.25) is 9.59 Å². The molecule has 0 saturated carbocycles. The van der Waals surface area contributed by atoms with E-state index in [-0.39, 0.29) is 11.8 Å². The summed E-state index contributed by atoms with van der Waals surface area (Å²) in [4.78, 5) is 28.8. The molecule has 0 aromatic heterocycles. The molecule has 1 saturated heterocycles. The van der Waals surface area contributed by atoms with Crippen LogP contribution >= 0.6 is 0 Å². The van der Waals surface area contributed by atoms with Crippen molar-refractivity contribution in [3.63, 3.8) is 0 Å². The molecule has 0 N–H and O–H groups in total. The summed E-state index contributed by atoms with van der Waals surface area (Å²) in [6.07, 6.45) is 0.355. The molecule has 5 nitrogen and oxygen atoms in total. The molecule has 26 heavy (non-hydrogen) atoms. The molecule has 0 aliphatic carbocycles. The zero-order chi connectivity index (χ0) is 18.5. The maximum atomic E-state index is 12.7. The Bertz CT molecular complexity index is 786. The molecule has 1 aliphatic heterocycles. The van der Waals surface area contributed by atoms with Crippen LogP contribution in [0, 0.1) is 6.92 Å². The number of hydrogen-bond donors (Lipinski definition) is 0. The van der Waals surface area contributed by atoms with Gasteiger partial charge in [-0.05, 0) is 36.8 Å². The van der Waals surface area contributed by atoms with Crippen LogP contribution in [0.2, 0.25) is 0 Å². The average molecular weight is 352 g/mol. The van der Waals surface area contributed by atoms with Crippen molar-refractivity contribution in [3.8, 4) is 5.75 Å². The van der Waals surface area contributed by atoms with Gasteiger partial charge in [0.15, 0.2) is 0 Å². The molecule has 0 bridgehead atoms. The Hall–Kier alpha value is -2.82. The highest BCUT2D eigenvalue weighted by Gasteiger charge is 2.24. The number of carbonyl (C=O) groups excluding carboxylic acids is 2. The Balaban J connectivity index is 1.65. The molecule has 1 fully saturated rings. The van der Waals surface area contributed by atoms with Crippen molar-refractivity contribution in [2.75, 3.05) is 26.7 Å². The number of amides is 2. The molecule has 1 aliphatic rings. The lowest BCUT2D eigenvalue weighted by molar-refractivity contribution is -0.130. The van der Waals surface area contributed by atoms with Crippen molar-refractivity contribution in [2.24, 2.45) is 0 Å². The summed E-state index contributed by atoms with van der Waals surface area (Å²) in [5.74, 6) is 0.874. The van der Waals surface area contributed by atoms with Crippen molar-refractivity contribution in [1.82, 2.24) is 9.80 Å². The molecule has 2 aromatic carbocycles. The van der Waals surface area contributed by atoms with E-state index < -0.39 is 0 Å². The lowest BCUT2D eigenvalue weighted by Crippen LogP contribution is -2.35. The lowest BCUT2D eigenvalue weighted by Gasteiger charge is -2.22. The number of rotatable bonds is 4. The minimum absolute atomic E-state index is 0.00667. The van der Waals surface area contributed by atoms with Crippen molar-refractivity contribution in [3.05, 3.63) is 65.2 Å². The fourth-order valence-corrected chi connectivity index (χ4v) is 3.15. The molecular formula is C21H24N2O3. The van der Waals surface area contributed by atoms with E-state index in [1.807, 2.05) is 60.4 Å². The van der Waals surface area contributed by atoms with Crippen LogP contribution in [-0.4, -0.2) is 48.4 Å². The highest BCUT2D eigenvalue weighted by atomic mass is 16.5. The molecule has 136 valence electrons. The lowest BCUT2D eigenvalue weighted by atomic mass is 10.1. The predicted octanol–water partition coefficient (Wildman–Crippen LogP) is 2.88. The fraction of sp³-hybridized carbons (Fsp3) is 0.333. The standard InChI is InChI=1S/C21H24N2O3/c1-16-4-3-5-18(14-16)21(25)22-11-10-20(24)23(13-12-22)15-17-6-8-19(26-2)9-7-17/h3-9,14H,10-13,15H2,1-2H3. The van der Waals surface area contributed by atoms with Crippen LogP contribution in [0.3, 0.4) is 0 Å². The Morgan fingerprint density at radius 3 is 2.54 bits per heavy atom. The van der Waals surface area contributed by atoms with Crippen LogP contribution in [0.15, 0.2) is 48.5 Å². The maximum Gasteiger partial charge on any atom is 0.253 e. The third-order valence-electron chi connectivity index (χ3n) is 4.67. The topological polar surface area (TPSA) is 49.9 Å². The van der Waals surface area contributed by atoms with Crippen molar-refractivity contribution < 1.29 is 14.3 Å². The average Bonchev–Trinajstić information content (AvgIpc) is 2.84. The highest BCUT2D eigenvalue weighted by molar-refractivity contribution is 5.94. The summed E-state index contributed by atoms with van der Waals surface area (Å²) < 4.78 is 5.17. The van der Waals surface area contributed by atoms with Gasteiger partial charge >= 0.3 is 0 Å². The van der Waals surface area contributed by atoms with Crippen LogP contribution in [0.5, 0.6) is 5.75 Å². The van der Waals surface area contributed by atoms with E-state index >= 15 is 0 Å². The van der Waals surface area contributed by atoms with E-state index in [0.717, 1.165) is 16.9 Å². The van der Waals surface area contributed by atoms with Crippen LogP contribution in [0.1, 0.15) is 27.9 Å². The van der Waals surface area contributed by atoms with E-state index in [0.29, 0.717) is 38.2 Å². The second-order valence-electron chi connectivity index (χ2n) is 6.58. The van der Waals surface area contributed by atoms with Gasteiger partial charge in [0.05, 0.1) is 7.11 Å². The second kappa shape index (κ2) is 8.04. The second-order valence-corrected chi connectivity index (χ2v) is 6.58. The van der Waals surface area contributed by atoms with Crippen molar-refractivity contribution in [2.45, 2.75) is 19.9 Å². The summed E-state index contributed by atoms with van der Waals surface area (Å²) in [7, 11) is 1.63. The van der Waals surface area contributed by atoms with Gasteiger partial charge in [-0.25, -0.2) is 0 Å². The molecule has 2 aromatic rings. The number of nitrogens with zero attached hydrogens (tertiary/aromatic N) is 2. The minimum atomic E-state index is -0.00667. The Morgan fingerprint density at radius 1 is 1.08 bits per heavy atom. The summed E-state index contributed by atoms with van der Waals surface area (Å²) in [5.41, 5.74) is 2.79. The first-order valence-electron chi connectivity index (χ1n) is 8.83. The number of aryl methyl sites for hydroxylation is 1. The normalized spacial score (nSPS) is 14.9. The third-order valence-corrected chi connectivity index (χ3v) is 4.67. The van der Waals surface area contributed by atoms with Crippen molar-refractivity contribution >= 4 is 11.8 Å². The first-order valence-corrected chi connectivity index (χ1v) is 8.83. The third kappa shape index (κ3) is 4.23. The smallest absolute Gasteiger partial charge is 0.253 e. The van der Waals surface area contributed by atoms with Gasteiger partial charge in [0, 0.05) is 38.2 Å². The molecule has 0 unspecified atom stereocenters. The molecular weight excluding hydrogens is 328 g/mol. The quantitative estimate of drug-likeness (QED) is 0.850. The minimum Gasteiger partial charge on any atom is -0.497 e. The van der Waals surface area contributed by atoms with Gasteiger partial charge in [-0.15, -0.1) is 0 Å². The van der Waals surface area contributed by atoms with E-state index in [2.05, 4.69) is 0 Å². The number of methoxy groups -OCH3 is 1. The molecule has 5 heteroatoms. The van der Waals surface area contributed by atoms with E-state index in [4.69, 9.17) is 4.74 Å². The first-order chi connectivity index (χ1) is 12.6. The Morgan fingerprint density at radius 2 is 1.85 bits per heavy atom. The predicted molar refractivity (Wildman–Crippen MR) is 100 cm³/mol. The Labute approximate surface area is 154 Å². The fourth-order valence-electron chi connectivity index (χ4n) is 3.15.